The first-order chi connectivity index (χ1) is 8.31. The number of nitrogens with two attached hydrogens (primary N) is 1. The fraction of sp³-hybridized carbons (Fsp3) is 0.714. The van der Waals surface area contributed by atoms with E-state index in [1.165, 1.54) is 6.92 Å². The number of likely N-dealkylation sites (N-methyl/N-ethyl adjacent to an activating group) is 1. The molecule has 3 N–H and O–H groups in total. The highest BCUT2D eigenvalue weighted by molar-refractivity contribution is 5.85. The Kier molecular flexibility index (Phi) is 7.71. The lowest BCUT2D eigenvalue weighted by atomic mass is 9.92. The number of carbonyl (C=O) groups is 2. The lowest BCUT2D eigenvalue weighted by molar-refractivity contribution is -0.121. The third-order valence-electron chi connectivity index (χ3n) is 3.25. The van der Waals surface area contributed by atoms with Crippen molar-refractivity contribution < 1.29 is 9.59 Å². The molecule has 0 saturated heterocycles. The number of Topliss-reactive ketones (excluding diaryl/α,β-unsaturated/α-hetero) is 2. The minimum Gasteiger partial charge on any atom is -0.319 e. The van der Waals surface area contributed by atoms with Crippen molar-refractivity contribution in [1.29, 1.82) is 0 Å². The van der Waals surface area contributed by atoms with Gasteiger partial charge in [0.1, 0.15) is 11.6 Å². The first-order valence-electron chi connectivity index (χ1n) is 6.44. The van der Waals surface area contributed by atoms with Gasteiger partial charge in [0, 0.05) is 0 Å². The molecule has 0 saturated carbocycles. The van der Waals surface area contributed by atoms with Gasteiger partial charge in [0.05, 0.1) is 11.6 Å². The number of rotatable bonds is 9. The fourth-order valence-electron chi connectivity index (χ4n) is 1.60. The molecule has 0 bridgehead atoms. The van der Waals surface area contributed by atoms with Crippen LogP contribution >= 0.6 is 0 Å². The van der Waals surface area contributed by atoms with E-state index in [0.717, 1.165) is 12.8 Å². The van der Waals surface area contributed by atoms with Crippen LogP contribution in [0.3, 0.4) is 0 Å². The molecular formula is C14H26N2O2. The Bertz CT molecular complexity index is 309. The number of nitrogens with one attached hydrogen (secondary N) is 1. The molecule has 18 heavy (non-hydrogen) atoms. The third kappa shape index (κ3) is 6.67. The summed E-state index contributed by atoms with van der Waals surface area (Å²) in [4.78, 5) is 22.4. The molecule has 0 aromatic rings. The zero-order valence-electron chi connectivity index (χ0n) is 12.0. The van der Waals surface area contributed by atoms with Crippen LogP contribution in [0.15, 0.2) is 12.2 Å². The maximum atomic E-state index is 11.2. The highest BCUT2D eigenvalue weighted by Gasteiger charge is 2.22. The summed E-state index contributed by atoms with van der Waals surface area (Å²) in [5.41, 5.74) is 5.15. The molecule has 0 heterocycles. The van der Waals surface area contributed by atoms with Crippen LogP contribution < -0.4 is 11.1 Å². The summed E-state index contributed by atoms with van der Waals surface area (Å²) in [5, 5.41) is 2.97. The van der Waals surface area contributed by atoms with Gasteiger partial charge in [-0.25, -0.2) is 0 Å². The predicted molar refractivity (Wildman–Crippen MR) is 74.4 cm³/mol. The SMILES string of the molecule is CN[C@@H](C/C=C/CCCC(C)(N)C(C)=O)C(C)=O. The molecule has 2 atom stereocenters. The molecule has 0 amide bonds. The minimum absolute atomic E-state index is 0.0262. The van der Waals surface area contributed by atoms with Crippen LogP contribution in [0, 0.1) is 0 Å². The summed E-state index contributed by atoms with van der Waals surface area (Å²) in [6, 6.07) is -0.0988. The van der Waals surface area contributed by atoms with Crippen molar-refractivity contribution in [2.45, 2.75) is 58.0 Å². The Balaban J connectivity index is 3.85. The number of ketones is 2. The van der Waals surface area contributed by atoms with E-state index in [1.807, 2.05) is 12.2 Å². The van der Waals surface area contributed by atoms with Crippen molar-refractivity contribution in [1.82, 2.24) is 5.32 Å². The molecule has 0 radical (unpaired) electrons. The summed E-state index contributed by atoms with van der Waals surface area (Å²) in [7, 11) is 1.78. The van der Waals surface area contributed by atoms with E-state index in [-0.39, 0.29) is 17.6 Å². The normalized spacial score (nSPS) is 16.5. The van der Waals surface area contributed by atoms with E-state index in [0.29, 0.717) is 12.8 Å². The Morgan fingerprint density at radius 3 is 2.39 bits per heavy atom. The Labute approximate surface area is 110 Å². The average molecular weight is 254 g/mol. The number of allylic oxidation sites excluding steroid dienone is 1. The second-order valence-corrected chi connectivity index (χ2v) is 5.02. The summed E-state index contributed by atoms with van der Waals surface area (Å²) in [5.74, 6) is 0.173. The zero-order chi connectivity index (χ0) is 14.2. The molecule has 0 aromatic carbocycles. The van der Waals surface area contributed by atoms with E-state index >= 15 is 0 Å². The van der Waals surface area contributed by atoms with E-state index in [9.17, 15) is 9.59 Å². The van der Waals surface area contributed by atoms with Crippen LogP contribution in [-0.4, -0.2) is 30.2 Å². The van der Waals surface area contributed by atoms with Crippen LogP contribution in [0.4, 0.5) is 0 Å². The van der Waals surface area contributed by atoms with Gasteiger partial charge >= 0.3 is 0 Å². The average Bonchev–Trinajstić information content (AvgIpc) is 2.27. The smallest absolute Gasteiger partial charge is 0.149 e. The Hall–Kier alpha value is -1.00. The van der Waals surface area contributed by atoms with Crippen LogP contribution in [-0.2, 0) is 9.59 Å². The summed E-state index contributed by atoms with van der Waals surface area (Å²) < 4.78 is 0. The standard InChI is InChI=1S/C14H26N2O2/c1-11(17)13(16-4)9-7-5-6-8-10-14(3,15)12(2)18/h5,7,13,16H,6,8-10,15H2,1-4H3/b7-5+/t13-,14?/m0/s1. The van der Waals surface area contributed by atoms with Gasteiger partial charge in [-0.05, 0) is 53.5 Å². The van der Waals surface area contributed by atoms with Crippen LogP contribution in [0.5, 0.6) is 0 Å². The largest absolute Gasteiger partial charge is 0.319 e. The van der Waals surface area contributed by atoms with Gasteiger partial charge in [0.2, 0.25) is 0 Å². The second kappa shape index (κ2) is 8.16. The number of hydrogen-bond donors (Lipinski definition) is 2. The van der Waals surface area contributed by atoms with Gasteiger partial charge in [0.15, 0.2) is 0 Å². The van der Waals surface area contributed by atoms with Gasteiger partial charge < -0.3 is 11.1 Å². The molecule has 0 aliphatic carbocycles. The molecule has 0 aliphatic heterocycles. The number of unbranched alkanes of at least 4 members (excludes halogenated alkanes) is 1. The number of hydrogen-bond acceptors (Lipinski definition) is 4. The maximum Gasteiger partial charge on any atom is 0.149 e. The topological polar surface area (TPSA) is 72.2 Å². The molecular weight excluding hydrogens is 228 g/mol. The molecule has 4 heteroatoms. The fourth-order valence-corrected chi connectivity index (χ4v) is 1.60. The minimum atomic E-state index is -0.708. The Morgan fingerprint density at radius 2 is 1.94 bits per heavy atom. The van der Waals surface area contributed by atoms with E-state index in [2.05, 4.69) is 5.32 Å². The molecule has 1 unspecified atom stereocenters. The summed E-state index contributed by atoms with van der Waals surface area (Å²) in [6.07, 6.45) is 7.21. The van der Waals surface area contributed by atoms with Crippen LogP contribution in [0.1, 0.15) is 46.5 Å². The lowest BCUT2D eigenvalue weighted by Gasteiger charge is -2.20. The molecule has 104 valence electrons. The summed E-state index contributed by atoms with van der Waals surface area (Å²) >= 11 is 0. The van der Waals surface area contributed by atoms with E-state index < -0.39 is 5.54 Å². The van der Waals surface area contributed by atoms with Gasteiger partial charge in [-0.2, -0.15) is 0 Å². The highest BCUT2D eigenvalue weighted by Crippen LogP contribution is 2.12. The molecule has 0 aliphatic rings. The first kappa shape index (κ1) is 17.0. The second-order valence-electron chi connectivity index (χ2n) is 5.02. The van der Waals surface area contributed by atoms with E-state index in [1.54, 1.807) is 20.9 Å². The van der Waals surface area contributed by atoms with E-state index in [4.69, 9.17) is 5.73 Å². The van der Waals surface area contributed by atoms with Gasteiger partial charge in [0.25, 0.3) is 0 Å². The van der Waals surface area contributed by atoms with Crippen molar-refractivity contribution in [2.24, 2.45) is 5.73 Å². The monoisotopic (exact) mass is 254 g/mol. The van der Waals surface area contributed by atoms with Crippen molar-refractivity contribution in [3.05, 3.63) is 12.2 Å². The third-order valence-corrected chi connectivity index (χ3v) is 3.25. The highest BCUT2D eigenvalue weighted by atomic mass is 16.1. The quantitative estimate of drug-likeness (QED) is 0.484. The van der Waals surface area contributed by atoms with Gasteiger partial charge in [-0.15, -0.1) is 0 Å². The Morgan fingerprint density at radius 1 is 1.33 bits per heavy atom. The zero-order valence-corrected chi connectivity index (χ0v) is 12.0. The van der Waals surface area contributed by atoms with Crippen LogP contribution in [0.25, 0.3) is 0 Å². The molecule has 0 rings (SSSR count). The van der Waals surface area contributed by atoms with Gasteiger partial charge in [-0.1, -0.05) is 12.2 Å². The van der Waals surface area contributed by atoms with Crippen LogP contribution in [0.2, 0.25) is 0 Å². The molecule has 0 fully saturated rings. The van der Waals surface area contributed by atoms with Crippen molar-refractivity contribution in [2.75, 3.05) is 7.05 Å². The summed E-state index contributed by atoms with van der Waals surface area (Å²) in [6.45, 7) is 4.88. The molecule has 0 aromatic heterocycles. The van der Waals surface area contributed by atoms with Crippen molar-refractivity contribution >= 4 is 11.6 Å². The number of carbonyl (C=O) groups excluding carboxylic acids is 2. The first-order valence-corrected chi connectivity index (χ1v) is 6.44. The lowest BCUT2D eigenvalue weighted by Crippen LogP contribution is -2.43. The molecule has 4 nitrogen and oxygen atoms in total. The van der Waals surface area contributed by atoms with Gasteiger partial charge in [-0.3, -0.25) is 9.59 Å². The van der Waals surface area contributed by atoms with Crippen molar-refractivity contribution in [3.63, 3.8) is 0 Å². The molecule has 0 spiro atoms. The predicted octanol–water partition coefficient (Wildman–Crippen LogP) is 1.59. The maximum absolute atomic E-state index is 11.2. The van der Waals surface area contributed by atoms with Crippen molar-refractivity contribution in [3.8, 4) is 0 Å².